The van der Waals surface area contributed by atoms with Crippen LogP contribution in [0.1, 0.15) is 22.3 Å². The van der Waals surface area contributed by atoms with Gasteiger partial charge in [0.25, 0.3) is 0 Å². The number of hydrogen-bond donors (Lipinski definition) is 3. The van der Waals surface area contributed by atoms with Crippen LogP contribution >= 0.6 is 23.2 Å². The van der Waals surface area contributed by atoms with Gasteiger partial charge in [-0.2, -0.15) is 0 Å². The molecule has 0 aliphatic heterocycles. The largest absolute Gasteiger partial charge is 0.383 e. The van der Waals surface area contributed by atoms with Gasteiger partial charge in [0.1, 0.15) is 11.7 Å². The first kappa shape index (κ1) is 25.9. The minimum Gasteiger partial charge on any atom is -0.383 e. The number of nitrogens with two attached hydrogens (primary N) is 2. The summed E-state index contributed by atoms with van der Waals surface area (Å²) in [5, 5.41) is 9.79. The van der Waals surface area contributed by atoms with Crippen LogP contribution in [0.15, 0.2) is 117 Å². The smallest absolute Gasteiger partial charge is 0.128 e. The van der Waals surface area contributed by atoms with Crippen LogP contribution in [0.2, 0.25) is 10.0 Å². The van der Waals surface area contributed by atoms with Crippen LogP contribution < -0.4 is 16.9 Å². The van der Waals surface area contributed by atoms with E-state index in [1.165, 1.54) is 0 Å². The van der Waals surface area contributed by atoms with E-state index in [1.54, 1.807) is 0 Å². The van der Waals surface area contributed by atoms with E-state index in [9.17, 15) is 0 Å². The van der Waals surface area contributed by atoms with Crippen LogP contribution in [0.3, 0.4) is 0 Å². The van der Waals surface area contributed by atoms with Gasteiger partial charge in [-0.3, -0.25) is 15.4 Å². The van der Waals surface area contributed by atoms with Gasteiger partial charge in [0, 0.05) is 21.2 Å². The summed E-state index contributed by atoms with van der Waals surface area (Å²) in [6.07, 6.45) is 0. The molecule has 9 heteroatoms. The fraction of sp³-hybridized carbons (Fsp3) is 0.0714. The van der Waals surface area contributed by atoms with E-state index in [-0.39, 0.29) is 0 Å². The number of hydrogen-bond acceptors (Lipinski definition) is 4. The summed E-state index contributed by atoms with van der Waals surface area (Å²) in [6, 6.07) is 29.9. The monoisotopic (exact) mass is 529 g/mol. The lowest BCUT2D eigenvalue weighted by Crippen LogP contribution is -2.15. The molecular weight excluding hydrogens is 505 g/mol. The Balaban J connectivity index is 1.49. The minimum atomic E-state index is 0.339. The second-order valence-corrected chi connectivity index (χ2v) is 8.77. The van der Waals surface area contributed by atoms with Crippen molar-refractivity contribution in [3.8, 4) is 0 Å². The van der Waals surface area contributed by atoms with Gasteiger partial charge >= 0.3 is 0 Å². The Kier molecular flexibility index (Phi) is 8.86. The summed E-state index contributed by atoms with van der Waals surface area (Å²) in [5.74, 6) is 0.695. The standard InChI is InChI=1S/C28H25Cl2N7/c29-23-13-5-1-9-19(23)17-33-27(31)21-11-3-7-15-25(21)35-37-36-26-16-8-4-12-22(26)28(32)34-18-20-10-2-6-14-24(20)30/h1-16H,17-18H2,(H2,31,33)(H2,32,34)(H,35,36). The third-order valence-electron chi connectivity index (χ3n) is 5.47. The van der Waals surface area contributed by atoms with E-state index >= 15 is 0 Å². The van der Waals surface area contributed by atoms with Gasteiger partial charge in [-0.1, -0.05) is 89.1 Å². The number of anilines is 1. The number of nitrogens with one attached hydrogen (secondary N) is 1. The molecule has 0 radical (unpaired) electrons. The summed E-state index contributed by atoms with van der Waals surface area (Å²) < 4.78 is 0. The molecule has 0 aliphatic rings. The Morgan fingerprint density at radius 3 is 1.73 bits per heavy atom. The quantitative estimate of drug-likeness (QED) is 0.0945. The van der Waals surface area contributed by atoms with Gasteiger partial charge in [0.2, 0.25) is 0 Å². The predicted molar refractivity (Wildman–Crippen MR) is 153 cm³/mol. The summed E-state index contributed by atoms with van der Waals surface area (Å²) in [7, 11) is 0. The molecule has 0 saturated heterocycles. The summed E-state index contributed by atoms with van der Waals surface area (Å²) >= 11 is 12.5. The van der Waals surface area contributed by atoms with Gasteiger partial charge in [-0.15, -0.1) is 5.11 Å². The highest BCUT2D eigenvalue weighted by molar-refractivity contribution is 6.31. The first-order valence-corrected chi connectivity index (χ1v) is 12.2. The van der Waals surface area contributed by atoms with Gasteiger partial charge in [0.15, 0.2) is 0 Å². The molecule has 4 rings (SSSR count). The van der Waals surface area contributed by atoms with Gasteiger partial charge in [-0.25, -0.2) is 0 Å². The predicted octanol–water partition coefficient (Wildman–Crippen LogP) is 6.92. The Labute approximate surface area is 225 Å². The van der Waals surface area contributed by atoms with Crippen molar-refractivity contribution >= 4 is 46.2 Å². The van der Waals surface area contributed by atoms with Crippen LogP contribution in [0.4, 0.5) is 11.4 Å². The third-order valence-corrected chi connectivity index (χ3v) is 6.20. The van der Waals surface area contributed by atoms with E-state index in [2.05, 4.69) is 25.7 Å². The average Bonchev–Trinajstić information content (AvgIpc) is 2.92. The third kappa shape index (κ3) is 6.94. The van der Waals surface area contributed by atoms with E-state index in [4.69, 9.17) is 34.7 Å². The normalized spacial score (nSPS) is 12.2. The summed E-state index contributed by atoms with van der Waals surface area (Å²) in [5.41, 5.74) is 19.9. The Hall–Kier alpha value is -4.20. The van der Waals surface area contributed by atoms with Crippen molar-refractivity contribution in [1.82, 2.24) is 0 Å². The zero-order chi connectivity index (χ0) is 26.0. The van der Waals surface area contributed by atoms with Crippen LogP contribution in [-0.2, 0) is 13.1 Å². The molecule has 0 spiro atoms. The highest BCUT2D eigenvalue weighted by Gasteiger charge is 2.08. The lowest BCUT2D eigenvalue weighted by Gasteiger charge is -2.09. The molecule has 0 heterocycles. The second-order valence-electron chi connectivity index (χ2n) is 7.96. The number of benzene rings is 4. The van der Waals surface area contributed by atoms with Crippen molar-refractivity contribution in [2.75, 3.05) is 5.43 Å². The highest BCUT2D eigenvalue weighted by atomic mass is 35.5. The fourth-order valence-electron chi connectivity index (χ4n) is 3.48. The van der Waals surface area contributed by atoms with Crippen molar-refractivity contribution in [2.45, 2.75) is 13.1 Å². The molecule has 0 fully saturated rings. The Morgan fingerprint density at radius 2 is 1.11 bits per heavy atom. The van der Waals surface area contributed by atoms with Crippen molar-refractivity contribution < 1.29 is 0 Å². The topological polar surface area (TPSA) is 114 Å². The van der Waals surface area contributed by atoms with Crippen molar-refractivity contribution in [2.24, 2.45) is 31.8 Å². The van der Waals surface area contributed by atoms with E-state index in [1.807, 2.05) is 97.1 Å². The Bertz CT molecular complexity index is 1460. The minimum absolute atomic E-state index is 0.339. The van der Waals surface area contributed by atoms with E-state index in [0.717, 1.165) is 11.1 Å². The molecule has 5 N–H and O–H groups in total. The average molecular weight is 530 g/mol. The van der Waals surface area contributed by atoms with Crippen LogP contribution in [0.5, 0.6) is 0 Å². The molecule has 0 aromatic heterocycles. The zero-order valence-electron chi connectivity index (χ0n) is 19.9. The summed E-state index contributed by atoms with van der Waals surface area (Å²) in [6.45, 7) is 0.719. The maximum absolute atomic E-state index is 6.29. The van der Waals surface area contributed by atoms with Crippen molar-refractivity contribution in [3.05, 3.63) is 129 Å². The van der Waals surface area contributed by atoms with E-state index < -0.39 is 0 Å². The summed E-state index contributed by atoms with van der Waals surface area (Å²) in [4.78, 5) is 8.98. The molecule has 0 saturated carbocycles. The number of nitrogens with zero attached hydrogens (tertiary/aromatic N) is 4. The number of aliphatic imine (C=N–C) groups is 2. The number of para-hydroxylation sites is 1. The van der Waals surface area contributed by atoms with Crippen molar-refractivity contribution in [3.63, 3.8) is 0 Å². The van der Waals surface area contributed by atoms with Crippen LogP contribution in [0, 0.1) is 0 Å². The van der Waals surface area contributed by atoms with Gasteiger partial charge in [-0.05, 0) is 47.5 Å². The second kappa shape index (κ2) is 12.7. The lowest BCUT2D eigenvalue weighted by molar-refractivity contribution is 1.06. The first-order chi connectivity index (χ1) is 18.0. The highest BCUT2D eigenvalue weighted by Crippen LogP contribution is 2.22. The molecule has 0 atom stereocenters. The molecule has 0 unspecified atom stereocenters. The van der Waals surface area contributed by atoms with Crippen molar-refractivity contribution in [1.29, 1.82) is 0 Å². The molecule has 0 bridgehead atoms. The Morgan fingerprint density at radius 1 is 0.622 bits per heavy atom. The first-order valence-electron chi connectivity index (χ1n) is 11.4. The van der Waals surface area contributed by atoms with Crippen LogP contribution in [0.25, 0.3) is 0 Å². The SMILES string of the molecule is NC(=NCc1ccccc1Cl)c1ccccc1N=NNc1ccccc1C(N)=NCc1ccccc1Cl. The van der Waals surface area contributed by atoms with Gasteiger partial charge in [0.05, 0.1) is 24.5 Å². The lowest BCUT2D eigenvalue weighted by atomic mass is 10.1. The number of amidine groups is 2. The molecule has 7 nitrogen and oxygen atoms in total. The molecule has 37 heavy (non-hydrogen) atoms. The molecule has 4 aromatic carbocycles. The number of rotatable bonds is 9. The number of halogens is 2. The van der Waals surface area contributed by atoms with E-state index in [0.29, 0.717) is 57.3 Å². The fourth-order valence-corrected chi connectivity index (χ4v) is 3.87. The molecule has 0 aliphatic carbocycles. The maximum Gasteiger partial charge on any atom is 0.128 e. The molecule has 0 amide bonds. The van der Waals surface area contributed by atoms with Gasteiger partial charge < -0.3 is 11.5 Å². The zero-order valence-corrected chi connectivity index (χ0v) is 21.4. The molecular formula is C28H25Cl2N7. The molecule has 186 valence electrons. The maximum atomic E-state index is 6.29. The van der Waals surface area contributed by atoms with Crippen LogP contribution in [-0.4, -0.2) is 11.7 Å². The molecule has 4 aromatic rings.